The predicted octanol–water partition coefficient (Wildman–Crippen LogP) is 4.82. The molecule has 0 aliphatic heterocycles. The maximum absolute atomic E-state index is 13.2. The molecule has 0 amide bonds. The monoisotopic (exact) mass is 385 g/mol. The average molecular weight is 386 g/mol. The van der Waals surface area contributed by atoms with Gasteiger partial charge in [-0.15, -0.1) is 0 Å². The molecule has 0 radical (unpaired) electrons. The Hall–Kier alpha value is -1.40. The molecule has 0 saturated heterocycles. The van der Waals surface area contributed by atoms with Gasteiger partial charge < -0.3 is 0 Å². The van der Waals surface area contributed by atoms with Gasteiger partial charge >= 0.3 is 0 Å². The molecule has 3 nitrogen and oxygen atoms in total. The lowest BCUT2D eigenvalue weighted by Gasteiger charge is -2.18. The van der Waals surface area contributed by atoms with Crippen LogP contribution >= 0.6 is 15.9 Å². The number of aryl methyl sites for hydroxylation is 1. The van der Waals surface area contributed by atoms with Crippen molar-refractivity contribution in [2.45, 2.75) is 31.6 Å². The summed E-state index contributed by atoms with van der Waals surface area (Å²) in [6.45, 7) is 5.85. The third-order valence-corrected chi connectivity index (χ3v) is 5.67. The highest BCUT2D eigenvalue weighted by molar-refractivity contribution is 9.10. The summed E-state index contributed by atoms with van der Waals surface area (Å²) in [7, 11) is -3.80. The van der Waals surface area contributed by atoms with Gasteiger partial charge in [-0.25, -0.2) is 12.8 Å². The van der Waals surface area contributed by atoms with Crippen LogP contribution in [0.3, 0.4) is 0 Å². The van der Waals surface area contributed by atoms with Gasteiger partial charge in [-0.3, -0.25) is 4.72 Å². The van der Waals surface area contributed by atoms with Crippen molar-refractivity contribution in [3.63, 3.8) is 0 Å². The largest absolute Gasteiger partial charge is 0.279 e. The minimum absolute atomic E-state index is 0.00635. The van der Waals surface area contributed by atoms with Gasteiger partial charge in [0.2, 0.25) is 0 Å². The summed E-state index contributed by atoms with van der Waals surface area (Å²) in [5, 5.41) is 0. The standard InChI is InChI=1S/C16H17BrFNO2S/c1-10(2)13-6-4-5-11(3)16(13)19-22(20,21)15-8-7-12(18)9-14(15)17/h4-10,19H,1-3H3. The zero-order valence-electron chi connectivity index (χ0n) is 12.5. The number of hydrogen-bond acceptors (Lipinski definition) is 2. The number of benzene rings is 2. The lowest BCUT2D eigenvalue weighted by Crippen LogP contribution is -2.16. The number of rotatable bonds is 4. The van der Waals surface area contributed by atoms with Crippen molar-refractivity contribution >= 4 is 31.6 Å². The van der Waals surface area contributed by atoms with Gasteiger partial charge in [-0.2, -0.15) is 0 Å². The van der Waals surface area contributed by atoms with E-state index in [1.807, 2.05) is 39.0 Å². The third-order valence-electron chi connectivity index (χ3n) is 3.35. The molecule has 0 heterocycles. The summed E-state index contributed by atoms with van der Waals surface area (Å²) in [5.74, 6) is -0.321. The van der Waals surface area contributed by atoms with E-state index in [1.165, 1.54) is 6.07 Å². The molecule has 0 aliphatic rings. The first-order valence-electron chi connectivity index (χ1n) is 6.79. The molecule has 0 aromatic heterocycles. The molecule has 0 aliphatic carbocycles. The quantitative estimate of drug-likeness (QED) is 0.819. The van der Waals surface area contributed by atoms with Crippen LogP contribution in [0.4, 0.5) is 10.1 Å². The van der Waals surface area contributed by atoms with Crippen LogP contribution in [0.25, 0.3) is 0 Å². The minimum atomic E-state index is -3.80. The molecule has 1 N–H and O–H groups in total. The number of halogens is 2. The van der Waals surface area contributed by atoms with Crippen LogP contribution < -0.4 is 4.72 Å². The van der Waals surface area contributed by atoms with Crippen LogP contribution in [0.1, 0.15) is 30.9 Å². The molecule has 2 aromatic carbocycles. The Morgan fingerprint density at radius 3 is 2.45 bits per heavy atom. The van der Waals surface area contributed by atoms with Gasteiger partial charge in [0.25, 0.3) is 10.0 Å². The fourth-order valence-corrected chi connectivity index (χ4v) is 4.40. The molecule has 0 spiro atoms. The highest BCUT2D eigenvalue weighted by atomic mass is 79.9. The molecular weight excluding hydrogens is 369 g/mol. The van der Waals surface area contributed by atoms with Gasteiger partial charge in [0.1, 0.15) is 10.7 Å². The summed E-state index contributed by atoms with van der Waals surface area (Å²) >= 11 is 3.10. The van der Waals surface area contributed by atoms with Crippen molar-refractivity contribution in [3.05, 3.63) is 57.8 Å². The van der Waals surface area contributed by atoms with E-state index in [0.29, 0.717) is 5.69 Å². The summed E-state index contributed by atoms with van der Waals surface area (Å²) in [6, 6.07) is 9.15. The van der Waals surface area contributed by atoms with E-state index in [0.717, 1.165) is 23.3 Å². The molecule has 0 saturated carbocycles. The summed E-state index contributed by atoms with van der Waals surface area (Å²) in [6.07, 6.45) is 0. The summed E-state index contributed by atoms with van der Waals surface area (Å²) in [5.41, 5.74) is 2.34. The average Bonchev–Trinajstić information content (AvgIpc) is 2.40. The first-order chi connectivity index (χ1) is 10.2. The maximum atomic E-state index is 13.2. The van der Waals surface area contributed by atoms with Crippen LogP contribution in [0.15, 0.2) is 45.8 Å². The van der Waals surface area contributed by atoms with Crippen LogP contribution in [0, 0.1) is 12.7 Å². The molecule has 2 rings (SSSR count). The van der Waals surface area contributed by atoms with E-state index >= 15 is 0 Å². The van der Waals surface area contributed by atoms with Crippen molar-refractivity contribution in [1.82, 2.24) is 0 Å². The Balaban J connectivity index is 2.50. The van der Waals surface area contributed by atoms with E-state index in [4.69, 9.17) is 0 Å². The van der Waals surface area contributed by atoms with Crippen LogP contribution in [0.5, 0.6) is 0 Å². The van der Waals surface area contributed by atoms with Crippen molar-refractivity contribution in [2.75, 3.05) is 4.72 Å². The Morgan fingerprint density at radius 1 is 1.18 bits per heavy atom. The molecular formula is C16H17BrFNO2S. The highest BCUT2D eigenvalue weighted by Gasteiger charge is 2.21. The Bertz CT molecular complexity index is 804. The molecule has 0 bridgehead atoms. The van der Waals surface area contributed by atoms with E-state index in [1.54, 1.807) is 0 Å². The first-order valence-corrected chi connectivity index (χ1v) is 9.07. The number of para-hydroxylation sites is 1. The topological polar surface area (TPSA) is 46.2 Å². The highest BCUT2D eigenvalue weighted by Crippen LogP contribution is 2.31. The fraction of sp³-hybridized carbons (Fsp3) is 0.250. The van der Waals surface area contributed by atoms with Crippen LogP contribution in [0.2, 0.25) is 0 Å². The van der Waals surface area contributed by atoms with Crippen LogP contribution in [-0.2, 0) is 10.0 Å². The van der Waals surface area contributed by atoms with E-state index < -0.39 is 15.8 Å². The summed E-state index contributed by atoms with van der Waals surface area (Å²) < 4.78 is 41.2. The zero-order chi connectivity index (χ0) is 16.5. The molecule has 0 unspecified atom stereocenters. The van der Waals surface area contributed by atoms with E-state index in [-0.39, 0.29) is 15.3 Å². The first kappa shape index (κ1) is 17.0. The van der Waals surface area contributed by atoms with Crippen molar-refractivity contribution in [2.24, 2.45) is 0 Å². The molecule has 22 heavy (non-hydrogen) atoms. The smallest absolute Gasteiger partial charge is 0.263 e. The van der Waals surface area contributed by atoms with Gasteiger partial charge in [-0.1, -0.05) is 32.0 Å². The van der Waals surface area contributed by atoms with E-state index in [9.17, 15) is 12.8 Å². The second-order valence-electron chi connectivity index (χ2n) is 5.37. The second-order valence-corrected chi connectivity index (χ2v) is 7.88. The second kappa shape index (κ2) is 6.38. The Kier molecular flexibility index (Phi) is 4.92. The maximum Gasteiger partial charge on any atom is 0.263 e. The van der Waals surface area contributed by atoms with Gasteiger partial charge in [0.15, 0.2) is 0 Å². The molecule has 0 atom stereocenters. The fourth-order valence-electron chi connectivity index (χ4n) is 2.19. The van der Waals surface area contributed by atoms with Gasteiger partial charge in [0.05, 0.1) is 5.69 Å². The third kappa shape index (κ3) is 3.50. The number of anilines is 1. The number of hydrogen-bond donors (Lipinski definition) is 1. The van der Waals surface area contributed by atoms with Crippen molar-refractivity contribution in [3.8, 4) is 0 Å². The normalized spacial score (nSPS) is 11.7. The number of nitrogens with one attached hydrogen (secondary N) is 1. The van der Waals surface area contributed by atoms with E-state index in [2.05, 4.69) is 20.7 Å². The molecule has 2 aromatic rings. The molecule has 6 heteroatoms. The van der Waals surface area contributed by atoms with Crippen LogP contribution in [-0.4, -0.2) is 8.42 Å². The van der Waals surface area contributed by atoms with Crippen molar-refractivity contribution in [1.29, 1.82) is 0 Å². The predicted molar refractivity (Wildman–Crippen MR) is 90.2 cm³/mol. The van der Waals surface area contributed by atoms with Crippen molar-refractivity contribution < 1.29 is 12.8 Å². The molecule has 118 valence electrons. The lowest BCUT2D eigenvalue weighted by atomic mass is 9.99. The Labute approximate surface area is 138 Å². The van der Waals surface area contributed by atoms with Gasteiger partial charge in [0, 0.05) is 4.47 Å². The lowest BCUT2D eigenvalue weighted by molar-refractivity contribution is 0.598. The minimum Gasteiger partial charge on any atom is -0.279 e. The van der Waals surface area contributed by atoms with Gasteiger partial charge in [-0.05, 0) is 58.1 Å². The molecule has 0 fully saturated rings. The SMILES string of the molecule is Cc1cccc(C(C)C)c1NS(=O)(=O)c1ccc(F)cc1Br. The number of sulfonamides is 1. The summed E-state index contributed by atoms with van der Waals surface area (Å²) in [4.78, 5) is 0.00635. The Morgan fingerprint density at radius 2 is 1.86 bits per heavy atom. The zero-order valence-corrected chi connectivity index (χ0v) is 14.9.